The molecule has 0 spiro atoms. The lowest BCUT2D eigenvalue weighted by Crippen LogP contribution is -2.41. The normalized spacial score (nSPS) is 15.7. The molecule has 3 rings (SSSR count). The fourth-order valence-corrected chi connectivity index (χ4v) is 5.02. The lowest BCUT2D eigenvalue weighted by atomic mass is 9.97. The minimum atomic E-state index is -3.86. The largest absolute Gasteiger partial charge is 0.465 e. The van der Waals surface area contributed by atoms with E-state index in [-0.39, 0.29) is 46.3 Å². The van der Waals surface area contributed by atoms with E-state index in [2.05, 4.69) is 20.0 Å². The molecule has 1 aliphatic rings. The average Bonchev–Trinajstić information content (AvgIpc) is 2.73. The lowest BCUT2D eigenvalue weighted by Gasteiger charge is -2.30. The summed E-state index contributed by atoms with van der Waals surface area (Å²) in [6, 6.07) is 5.54. The second-order valence-corrected chi connectivity index (χ2v) is 8.69. The van der Waals surface area contributed by atoms with Gasteiger partial charge in [0.25, 0.3) is 0 Å². The minimum Gasteiger partial charge on any atom is -0.465 e. The third-order valence-corrected chi connectivity index (χ3v) is 6.98. The predicted molar refractivity (Wildman–Crippen MR) is 105 cm³/mol. The molecule has 1 N–H and O–H groups in total. The van der Waals surface area contributed by atoms with Gasteiger partial charge in [0.2, 0.25) is 21.9 Å². The molecule has 0 aliphatic carbocycles. The van der Waals surface area contributed by atoms with Crippen molar-refractivity contribution < 1.29 is 22.7 Å². The van der Waals surface area contributed by atoms with Crippen LogP contribution in [0.5, 0.6) is 0 Å². The van der Waals surface area contributed by atoms with Gasteiger partial charge in [-0.05, 0) is 37.1 Å². The molecule has 1 aromatic carbocycles. The van der Waals surface area contributed by atoms with Crippen molar-refractivity contribution in [2.24, 2.45) is 5.92 Å². The van der Waals surface area contributed by atoms with Crippen LogP contribution in [0.25, 0.3) is 0 Å². The number of methoxy groups -OCH3 is 1. The Hall–Kier alpha value is -2.56. The molecule has 0 atom stereocenters. The van der Waals surface area contributed by atoms with E-state index >= 15 is 0 Å². The lowest BCUT2D eigenvalue weighted by molar-refractivity contribution is -0.121. The number of halogens is 1. The molecule has 0 radical (unpaired) electrons. The molecule has 0 bridgehead atoms. The Morgan fingerprint density at radius 1 is 1.21 bits per heavy atom. The van der Waals surface area contributed by atoms with Crippen molar-refractivity contribution in [2.45, 2.75) is 17.7 Å². The van der Waals surface area contributed by atoms with Crippen molar-refractivity contribution >= 4 is 39.4 Å². The molecule has 154 valence electrons. The number of amides is 1. The molecular formula is C18H19ClN4O5S. The van der Waals surface area contributed by atoms with Crippen LogP contribution in [0.2, 0.25) is 5.02 Å². The molecular weight excluding hydrogens is 420 g/mol. The molecule has 2 heterocycles. The maximum absolute atomic E-state index is 12.9. The molecule has 1 aromatic heterocycles. The number of benzene rings is 1. The number of ether oxygens (including phenoxy) is 1. The van der Waals surface area contributed by atoms with Crippen molar-refractivity contribution in [1.29, 1.82) is 0 Å². The number of nitrogens with one attached hydrogen (secondary N) is 1. The van der Waals surface area contributed by atoms with Gasteiger partial charge in [-0.25, -0.2) is 23.2 Å². The Morgan fingerprint density at radius 2 is 1.86 bits per heavy atom. The molecule has 2 aromatic rings. The number of esters is 1. The maximum Gasteiger partial charge on any atom is 0.337 e. The van der Waals surface area contributed by atoms with E-state index in [1.54, 1.807) is 6.07 Å². The summed E-state index contributed by atoms with van der Waals surface area (Å²) in [4.78, 5) is 31.7. The smallest absolute Gasteiger partial charge is 0.337 e. The Balaban J connectivity index is 1.67. The van der Waals surface area contributed by atoms with Crippen LogP contribution in [0.15, 0.2) is 41.6 Å². The highest BCUT2D eigenvalue weighted by atomic mass is 35.5. The summed E-state index contributed by atoms with van der Waals surface area (Å²) < 4.78 is 31.8. The van der Waals surface area contributed by atoms with Crippen molar-refractivity contribution in [3.8, 4) is 0 Å². The van der Waals surface area contributed by atoms with E-state index < -0.39 is 16.0 Å². The van der Waals surface area contributed by atoms with Crippen molar-refractivity contribution in [3.05, 3.63) is 47.2 Å². The summed E-state index contributed by atoms with van der Waals surface area (Å²) in [5, 5.41) is 2.57. The van der Waals surface area contributed by atoms with E-state index in [9.17, 15) is 18.0 Å². The molecule has 1 saturated heterocycles. The van der Waals surface area contributed by atoms with E-state index in [0.717, 1.165) is 0 Å². The number of piperidine rings is 1. The number of sulfonamides is 1. The van der Waals surface area contributed by atoms with Gasteiger partial charge in [-0.15, -0.1) is 0 Å². The number of hydrogen-bond acceptors (Lipinski definition) is 7. The van der Waals surface area contributed by atoms with Crippen molar-refractivity contribution in [1.82, 2.24) is 14.3 Å². The Kier molecular flexibility index (Phi) is 6.46. The van der Waals surface area contributed by atoms with Gasteiger partial charge in [-0.2, -0.15) is 4.31 Å². The first-order valence-electron chi connectivity index (χ1n) is 8.79. The first-order chi connectivity index (χ1) is 13.8. The van der Waals surface area contributed by atoms with Gasteiger partial charge in [0.1, 0.15) is 4.90 Å². The number of aromatic nitrogens is 2. The number of rotatable bonds is 5. The van der Waals surface area contributed by atoms with Gasteiger partial charge in [-0.1, -0.05) is 11.6 Å². The summed E-state index contributed by atoms with van der Waals surface area (Å²) >= 11 is 6.11. The second-order valence-electron chi connectivity index (χ2n) is 6.38. The van der Waals surface area contributed by atoms with Crippen LogP contribution in [0.4, 0.5) is 5.95 Å². The Morgan fingerprint density at radius 3 is 2.45 bits per heavy atom. The van der Waals surface area contributed by atoms with Gasteiger partial charge < -0.3 is 4.74 Å². The number of carbonyl (C=O) groups is 2. The van der Waals surface area contributed by atoms with Gasteiger partial charge in [0.15, 0.2) is 0 Å². The molecule has 11 heteroatoms. The van der Waals surface area contributed by atoms with Crippen LogP contribution in [0, 0.1) is 5.92 Å². The first-order valence-corrected chi connectivity index (χ1v) is 10.6. The fraction of sp³-hybridized carbons (Fsp3) is 0.333. The van der Waals surface area contributed by atoms with E-state index in [0.29, 0.717) is 12.8 Å². The zero-order valence-electron chi connectivity index (χ0n) is 15.5. The topological polar surface area (TPSA) is 119 Å². The van der Waals surface area contributed by atoms with Gasteiger partial charge in [0.05, 0.1) is 17.7 Å². The molecule has 0 saturated carbocycles. The van der Waals surface area contributed by atoms with Crippen molar-refractivity contribution in [3.63, 3.8) is 0 Å². The molecule has 1 aliphatic heterocycles. The summed E-state index contributed by atoms with van der Waals surface area (Å²) in [5.41, 5.74) is 0.162. The molecule has 1 fully saturated rings. The number of anilines is 1. The number of carbonyl (C=O) groups excluding carboxylic acids is 2. The van der Waals surface area contributed by atoms with Crippen LogP contribution >= 0.6 is 11.6 Å². The average molecular weight is 439 g/mol. The van der Waals surface area contributed by atoms with E-state index in [4.69, 9.17) is 11.6 Å². The van der Waals surface area contributed by atoms with Crippen LogP contribution in [0.3, 0.4) is 0 Å². The van der Waals surface area contributed by atoms with Crippen LogP contribution in [0.1, 0.15) is 23.2 Å². The summed E-state index contributed by atoms with van der Waals surface area (Å²) in [7, 11) is -2.63. The zero-order valence-corrected chi connectivity index (χ0v) is 17.1. The first kappa shape index (κ1) is 21.2. The van der Waals surface area contributed by atoms with Crippen LogP contribution in [-0.2, 0) is 19.6 Å². The summed E-state index contributed by atoms with van der Waals surface area (Å²) in [6.07, 6.45) is 3.76. The van der Waals surface area contributed by atoms with Gasteiger partial charge in [0, 0.05) is 31.4 Å². The zero-order chi connectivity index (χ0) is 21.0. The minimum absolute atomic E-state index is 0.0611. The monoisotopic (exact) mass is 438 g/mol. The second kappa shape index (κ2) is 8.85. The molecule has 1 amide bonds. The number of nitrogens with zero attached hydrogens (tertiary/aromatic N) is 3. The molecule has 29 heavy (non-hydrogen) atoms. The fourth-order valence-electron chi connectivity index (χ4n) is 3.03. The maximum atomic E-state index is 12.9. The van der Waals surface area contributed by atoms with Crippen molar-refractivity contribution in [2.75, 3.05) is 25.5 Å². The Bertz CT molecular complexity index is 1010. The SMILES string of the molecule is COC(=O)c1ccc(S(=O)(=O)N2CCC(C(=O)Nc3ncccn3)CC2)c(Cl)c1. The quantitative estimate of drug-likeness (QED) is 0.708. The van der Waals surface area contributed by atoms with E-state index in [1.807, 2.05) is 0 Å². The van der Waals surface area contributed by atoms with E-state index in [1.165, 1.54) is 42.0 Å². The highest BCUT2D eigenvalue weighted by molar-refractivity contribution is 7.89. The highest BCUT2D eigenvalue weighted by Crippen LogP contribution is 2.29. The molecule has 0 unspecified atom stereocenters. The third kappa shape index (κ3) is 4.72. The van der Waals surface area contributed by atoms with Gasteiger partial charge >= 0.3 is 5.97 Å². The summed E-state index contributed by atoms with van der Waals surface area (Å²) in [6.45, 7) is 0.344. The molecule has 9 nitrogen and oxygen atoms in total. The third-order valence-electron chi connectivity index (χ3n) is 4.60. The highest BCUT2D eigenvalue weighted by Gasteiger charge is 2.33. The predicted octanol–water partition coefficient (Wildman–Crippen LogP) is 1.96. The number of hydrogen-bond donors (Lipinski definition) is 1. The standard InChI is InChI=1S/C18H19ClN4O5S/c1-28-17(25)13-3-4-15(14(19)11-13)29(26,27)23-9-5-12(6-10-23)16(24)22-18-20-7-2-8-21-18/h2-4,7-8,11-12H,5-6,9-10H2,1H3,(H,20,21,22,24). The Labute approximate surface area is 173 Å². The van der Waals surface area contributed by atoms with Gasteiger partial charge in [-0.3, -0.25) is 10.1 Å². The van der Waals surface area contributed by atoms with Crippen LogP contribution in [-0.4, -0.2) is 54.8 Å². The van der Waals surface area contributed by atoms with Crippen LogP contribution < -0.4 is 5.32 Å². The summed E-state index contributed by atoms with van der Waals surface area (Å²) in [5.74, 6) is -0.980.